The van der Waals surface area contributed by atoms with E-state index in [1.165, 1.54) is 0 Å². The van der Waals surface area contributed by atoms with Gasteiger partial charge in [-0.1, -0.05) is 17.2 Å². The molecular formula is C14H14F2N2O3S. The lowest BCUT2D eigenvalue weighted by Gasteiger charge is -2.00. The van der Waals surface area contributed by atoms with Gasteiger partial charge in [0.1, 0.15) is 16.5 Å². The van der Waals surface area contributed by atoms with Crippen LogP contribution in [0.15, 0.2) is 46.1 Å². The van der Waals surface area contributed by atoms with Gasteiger partial charge in [0.05, 0.1) is 13.5 Å². The average Bonchev–Trinajstić information content (AvgIpc) is 2.96. The Balaban J connectivity index is 1.95. The van der Waals surface area contributed by atoms with Crippen LogP contribution in [0.3, 0.4) is 0 Å². The molecule has 2 aromatic rings. The predicted octanol–water partition coefficient (Wildman–Crippen LogP) is 2.95. The van der Waals surface area contributed by atoms with E-state index in [2.05, 4.69) is 10.2 Å². The zero-order valence-corrected chi connectivity index (χ0v) is 12.6. The summed E-state index contributed by atoms with van der Waals surface area (Å²) in [4.78, 5) is 0. The molecule has 0 bridgehead atoms. The van der Waals surface area contributed by atoms with Crippen molar-refractivity contribution in [1.82, 2.24) is 10.2 Å². The molecule has 0 fully saturated rings. The van der Waals surface area contributed by atoms with Crippen LogP contribution in [0, 0.1) is 0 Å². The maximum atomic E-state index is 11.9. The van der Waals surface area contributed by atoms with Crippen LogP contribution in [0.1, 0.15) is 17.9 Å². The summed E-state index contributed by atoms with van der Waals surface area (Å²) in [6.45, 7) is 0. The van der Waals surface area contributed by atoms with Gasteiger partial charge in [-0.05, 0) is 30.2 Å². The highest BCUT2D eigenvalue weighted by molar-refractivity contribution is 7.84. The Morgan fingerprint density at radius 3 is 2.68 bits per heavy atom. The zero-order chi connectivity index (χ0) is 15.9. The van der Waals surface area contributed by atoms with E-state index in [1.807, 2.05) is 24.3 Å². The van der Waals surface area contributed by atoms with Gasteiger partial charge in [0.25, 0.3) is 6.08 Å². The third kappa shape index (κ3) is 4.73. The third-order valence-corrected chi connectivity index (χ3v) is 3.92. The number of ether oxygens (including phenoxy) is 1. The molecule has 1 aromatic heterocycles. The lowest BCUT2D eigenvalue weighted by molar-refractivity contribution is 0.410. The van der Waals surface area contributed by atoms with Gasteiger partial charge in [-0.25, -0.2) is 4.21 Å². The van der Waals surface area contributed by atoms with Crippen LogP contribution in [-0.4, -0.2) is 27.3 Å². The number of rotatable bonds is 7. The molecule has 1 unspecified atom stereocenters. The van der Waals surface area contributed by atoms with Gasteiger partial charge >= 0.3 is 5.22 Å². The largest absolute Gasteiger partial charge is 0.497 e. The zero-order valence-electron chi connectivity index (χ0n) is 11.8. The monoisotopic (exact) mass is 328 g/mol. The molecular weight excluding hydrogens is 314 g/mol. The van der Waals surface area contributed by atoms with Crippen LogP contribution in [0.25, 0.3) is 0 Å². The maximum absolute atomic E-state index is 11.9. The first-order valence-electron chi connectivity index (χ1n) is 6.43. The van der Waals surface area contributed by atoms with E-state index in [9.17, 15) is 13.0 Å². The van der Waals surface area contributed by atoms with E-state index in [-0.39, 0.29) is 17.4 Å². The number of methoxy groups -OCH3 is 1. The van der Waals surface area contributed by atoms with Crippen molar-refractivity contribution in [1.29, 1.82) is 0 Å². The fourth-order valence-corrected chi connectivity index (χ4v) is 2.51. The van der Waals surface area contributed by atoms with Crippen molar-refractivity contribution in [2.45, 2.75) is 18.1 Å². The fraction of sp³-hybridized carbons (Fsp3) is 0.286. The van der Waals surface area contributed by atoms with Crippen molar-refractivity contribution in [3.8, 4) is 5.75 Å². The minimum Gasteiger partial charge on any atom is -0.497 e. The summed E-state index contributed by atoms with van der Waals surface area (Å²) in [6, 6.07) is 7.33. The number of halogens is 2. The van der Waals surface area contributed by atoms with Crippen LogP contribution in [0.5, 0.6) is 5.75 Å². The number of aromatic nitrogens is 2. The molecule has 5 nitrogen and oxygen atoms in total. The van der Waals surface area contributed by atoms with Crippen LogP contribution < -0.4 is 4.74 Å². The summed E-state index contributed by atoms with van der Waals surface area (Å²) >= 11 is 0. The standard InChI is InChI=1S/C14H14F2N2O3S/c1-20-11-6-4-10(5-7-11)9-13-17-18-14(21-13)22(19)8-2-3-12(15)16/h3-7H,2,8-9H2,1H3. The summed E-state index contributed by atoms with van der Waals surface area (Å²) in [5.74, 6) is 1.08. The minimum atomic E-state index is -1.79. The number of hydrogen-bond acceptors (Lipinski definition) is 5. The predicted molar refractivity (Wildman–Crippen MR) is 76.3 cm³/mol. The number of nitrogens with zero attached hydrogens (tertiary/aromatic N) is 2. The molecule has 2 rings (SSSR count). The number of benzene rings is 1. The van der Waals surface area contributed by atoms with Gasteiger partial charge in [-0.3, -0.25) is 0 Å². The molecule has 0 aliphatic carbocycles. The summed E-state index contributed by atoms with van der Waals surface area (Å²) in [6.07, 6.45) is -0.687. The summed E-state index contributed by atoms with van der Waals surface area (Å²) in [5.41, 5.74) is 0.934. The first-order chi connectivity index (χ1) is 10.6. The first-order valence-corrected chi connectivity index (χ1v) is 7.75. The Labute approximate surface area is 128 Å². The van der Waals surface area contributed by atoms with Crippen molar-refractivity contribution >= 4 is 10.8 Å². The van der Waals surface area contributed by atoms with Gasteiger partial charge in [-0.15, -0.1) is 5.10 Å². The van der Waals surface area contributed by atoms with Gasteiger partial charge in [-0.2, -0.15) is 8.78 Å². The van der Waals surface area contributed by atoms with Crippen LogP contribution in [-0.2, 0) is 17.2 Å². The lowest BCUT2D eigenvalue weighted by atomic mass is 10.1. The molecule has 0 radical (unpaired) electrons. The number of hydrogen-bond donors (Lipinski definition) is 0. The van der Waals surface area contributed by atoms with Crippen LogP contribution in [0.4, 0.5) is 8.78 Å². The second kappa shape index (κ2) is 7.79. The SMILES string of the molecule is COc1ccc(Cc2nnc(S(=O)CCC=C(F)F)o2)cc1. The number of allylic oxidation sites excluding steroid dienone is 1. The molecule has 22 heavy (non-hydrogen) atoms. The minimum absolute atomic E-state index is 0.00879. The van der Waals surface area contributed by atoms with E-state index in [4.69, 9.17) is 9.15 Å². The quantitative estimate of drug-likeness (QED) is 0.782. The Morgan fingerprint density at radius 1 is 1.32 bits per heavy atom. The smallest absolute Gasteiger partial charge is 0.307 e. The van der Waals surface area contributed by atoms with E-state index < -0.39 is 16.9 Å². The van der Waals surface area contributed by atoms with Crippen molar-refractivity contribution in [3.05, 3.63) is 47.9 Å². The van der Waals surface area contributed by atoms with E-state index in [0.717, 1.165) is 11.3 Å². The van der Waals surface area contributed by atoms with Gasteiger partial charge in [0.2, 0.25) is 5.89 Å². The Bertz CT molecular complexity index is 667. The normalized spacial score (nSPS) is 12.0. The van der Waals surface area contributed by atoms with Gasteiger partial charge in [0.15, 0.2) is 0 Å². The average molecular weight is 328 g/mol. The Kier molecular flexibility index (Phi) is 5.76. The summed E-state index contributed by atoms with van der Waals surface area (Å²) in [7, 11) is 0.00164. The fourth-order valence-electron chi connectivity index (χ4n) is 1.68. The van der Waals surface area contributed by atoms with Crippen molar-refractivity contribution in [2.24, 2.45) is 0 Å². The molecule has 1 aromatic carbocycles. The molecule has 118 valence electrons. The lowest BCUT2D eigenvalue weighted by Crippen LogP contribution is -1.97. The molecule has 0 saturated carbocycles. The van der Waals surface area contributed by atoms with Gasteiger partial charge < -0.3 is 9.15 Å². The highest BCUT2D eigenvalue weighted by Gasteiger charge is 2.13. The van der Waals surface area contributed by atoms with E-state index >= 15 is 0 Å². The van der Waals surface area contributed by atoms with Crippen LogP contribution >= 0.6 is 0 Å². The van der Waals surface area contributed by atoms with Crippen molar-refractivity contribution in [3.63, 3.8) is 0 Å². The van der Waals surface area contributed by atoms with E-state index in [0.29, 0.717) is 18.4 Å². The molecule has 0 amide bonds. The van der Waals surface area contributed by atoms with Crippen molar-refractivity contribution < 1.29 is 22.1 Å². The third-order valence-electron chi connectivity index (χ3n) is 2.76. The Morgan fingerprint density at radius 2 is 2.05 bits per heavy atom. The van der Waals surface area contributed by atoms with Gasteiger partial charge in [0, 0.05) is 5.75 Å². The molecule has 1 heterocycles. The molecule has 0 N–H and O–H groups in total. The molecule has 0 spiro atoms. The molecule has 8 heteroatoms. The highest BCUT2D eigenvalue weighted by Crippen LogP contribution is 2.15. The second-order valence-corrected chi connectivity index (χ2v) is 5.77. The van der Waals surface area contributed by atoms with Crippen molar-refractivity contribution in [2.75, 3.05) is 12.9 Å². The van der Waals surface area contributed by atoms with E-state index in [1.54, 1.807) is 7.11 Å². The second-order valence-electron chi connectivity index (χ2n) is 4.32. The molecule has 0 aliphatic heterocycles. The molecule has 1 atom stereocenters. The molecule has 0 saturated heterocycles. The first kappa shape index (κ1) is 16.3. The topological polar surface area (TPSA) is 65.2 Å². The summed E-state index contributed by atoms with van der Waals surface area (Å²) in [5, 5.41) is 7.46. The molecule has 0 aliphatic rings. The maximum Gasteiger partial charge on any atom is 0.307 e. The Hall–Kier alpha value is -2.09. The summed E-state index contributed by atoms with van der Waals surface area (Å²) < 4.78 is 45.9. The highest BCUT2D eigenvalue weighted by atomic mass is 32.2. The van der Waals surface area contributed by atoms with Crippen LogP contribution in [0.2, 0.25) is 0 Å².